The van der Waals surface area contributed by atoms with E-state index in [1.54, 1.807) is 7.11 Å². The van der Waals surface area contributed by atoms with Crippen LogP contribution in [0, 0.1) is 5.41 Å². The van der Waals surface area contributed by atoms with Crippen molar-refractivity contribution in [3.05, 3.63) is 89.7 Å². The van der Waals surface area contributed by atoms with Crippen LogP contribution in [0.25, 0.3) is 0 Å². The number of piperidine rings is 1. The van der Waals surface area contributed by atoms with E-state index in [4.69, 9.17) is 9.47 Å². The monoisotopic (exact) mass is 541 g/mol. The number of fused-ring (bicyclic) bond motifs is 1. The van der Waals surface area contributed by atoms with Gasteiger partial charge in [-0.25, -0.2) is 0 Å². The number of carbonyl (C=O) groups is 1. The van der Waals surface area contributed by atoms with Crippen LogP contribution in [0.1, 0.15) is 55.2 Å². The quantitative estimate of drug-likeness (QED) is 0.387. The number of ether oxygens (including phenoxy) is 2. The van der Waals surface area contributed by atoms with Crippen LogP contribution in [0.4, 0.5) is 0 Å². The topological polar surface area (TPSA) is 54.9 Å². The molecule has 6 nitrogen and oxygen atoms in total. The number of nitrogens with zero attached hydrogens (tertiary/aromatic N) is 3. The van der Waals surface area contributed by atoms with Crippen LogP contribution in [0.2, 0.25) is 0 Å². The van der Waals surface area contributed by atoms with Gasteiger partial charge in [0.05, 0.1) is 7.11 Å². The maximum Gasteiger partial charge on any atom is 0.222 e. The van der Waals surface area contributed by atoms with Gasteiger partial charge in [-0.3, -0.25) is 14.7 Å². The maximum absolute atomic E-state index is 13.2. The molecule has 6 heteroatoms. The first-order chi connectivity index (χ1) is 19.6. The second kappa shape index (κ2) is 13.8. The lowest BCUT2D eigenvalue weighted by molar-refractivity contribution is -0.133. The van der Waals surface area contributed by atoms with Crippen molar-refractivity contribution in [3.8, 4) is 11.5 Å². The molecule has 1 amide bonds. The first-order valence-electron chi connectivity index (χ1n) is 14.9. The number of benzene rings is 2. The Morgan fingerprint density at radius 3 is 2.62 bits per heavy atom. The molecule has 1 saturated heterocycles. The predicted octanol–water partition coefficient (Wildman–Crippen LogP) is 5.94. The van der Waals surface area contributed by atoms with Crippen molar-refractivity contribution in [2.24, 2.45) is 5.41 Å². The summed E-state index contributed by atoms with van der Waals surface area (Å²) in [5.41, 5.74) is 3.85. The van der Waals surface area contributed by atoms with E-state index in [2.05, 4.69) is 51.2 Å². The van der Waals surface area contributed by atoms with Gasteiger partial charge in [-0.1, -0.05) is 48.9 Å². The molecule has 0 N–H and O–H groups in total. The molecule has 0 aliphatic carbocycles. The van der Waals surface area contributed by atoms with Crippen molar-refractivity contribution in [1.29, 1.82) is 0 Å². The number of aryl methyl sites for hydroxylation is 2. The number of rotatable bonds is 6. The molecule has 0 atom stereocenters. The van der Waals surface area contributed by atoms with E-state index in [-0.39, 0.29) is 11.3 Å². The first-order valence-corrected chi connectivity index (χ1v) is 14.9. The second-order valence-electron chi connectivity index (χ2n) is 11.4. The maximum atomic E-state index is 13.2. The van der Waals surface area contributed by atoms with Crippen molar-refractivity contribution in [2.45, 2.75) is 57.9 Å². The molecule has 0 saturated carbocycles. The van der Waals surface area contributed by atoms with Gasteiger partial charge in [0.25, 0.3) is 0 Å². The van der Waals surface area contributed by atoms with E-state index in [1.807, 2.05) is 36.7 Å². The van der Waals surface area contributed by atoms with Crippen molar-refractivity contribution in [2.75, 3.05) is 39.9 Å². The normalized spacial score (nSPS) is 18.2. The van der Waals surface area contributed by atoms with E-state index in [9.17, 15) is 4.79 Å². The smallest absolute Gasteiger partial charge is 0.222 e. The summed E-state index contributed by atoms with van der Waals surface area (Å²) >= 11 is 0. The Kier molecular flexibility index (Phi) is 9.72. The Morgan fingerprint density at radius 1 is 0.975 bits per heavy atom. The Labute approximate surface area is 239 Å². The van der Waals surface area contributed by atoms with Crippen LogP contribution in [-0.4, -0.2) is 60.6 Å². The third kappa shape index (κ3) is 7.42. The molecule has 40 heavy (non-hydrogen) atoms. The number of hydrogen-bond donors (Lipinski definition) is 0. The third-order valence-electron chi connectivity index (χ3n) is 8.71. The fourth-order valence-corrected chi connectivity index (χ4v) is 6.42. The number of carbonyl (C=O) groups excluding carboxylic acids is 1. The van der Waals surface area contributed by atoms with Crippen LogP contribution in [-0.2, 0) is 24.2 Å². The highest BCUT2D eigenvalue weighted by Crippen LogP contribution is 2.39. The summed E-state index contributed by atoms with van der Waals surface area (Å²) in [5.74, 6) is 2.15. The zero-order valence-corrected chi connectivity index (χ0v) is 23.9. The fourth-order valence-electron chi connectivity index (χ4n) is 6.42. The van der Waals surface area contributed by atoms with Crippen molar-refractivity contribution in [1.82, 2.24) is 14.8 Å². The summed E-state index contributed by atoms with van der Waals surface area (Å²) in [4.78, 5) is 22.2. The lowest BCUT2D eigenvalue weighted by Crippen LogP contribution is -2.48. The Balaban J connectivity index is 1.25. The largest absolute Gasteiger partial charge is 0.496 e. The zero-order valence-electron chi connectivity index (χ0n) is 23.9. The van der Waals surface area contributed by atoms with Crippen LogP contribution in [0.3, 0.4) is 0 Å². The van der Waals surface area contributed by atoms with Crippen LogP contribution in [0.5, 0.6) is 11.5 Å². The molecule has 1 aromatic heterocycles. The molecule has 1 spiro atoms. The van der Waals surface area contributed by atoms with Gasteiger partial charge in [-0.2, -0.15) is 0 Å². The third-order valence-corrected chi connectivity index (χ3v) is 8.71. The number of amides is 1. The number of pyridine rings is 1. The van der Waals surface area contributed by atoms with Crippen molar-refractivity contribution in [3.63, 3.8) is 0 Å². The molecule has 5 rings (SSSR count). The molecule has 0 unspecified atom stereocenters. The first kappa shape index (κ1) is 28.2. The van der Waals surface area contributed by atoms with Gasteiger partial charge < -0.3 is 14.4 Å². The minimum atomic E-state index is 0.209. The van der Waals surface area contributed by atoms with Gasteiger partial charge in [0.2, 0.25) is 5.91 Å². The van der Waals surface area contributed by atoms with Crippen molar-refractivity contribution >= 4 is 5.91 Å². The molecule has 1 fully saturated rings. The summed E-state index contributed by atoms with van der Waals surface area (Å²) in [6.07, 6.45) is 11.7. The predicted molar refractivity (Wildman–Crippen MR) is 159 cm³/mol. The van der Waals surface area contributed by atoms with Crippen molar-refractivity contribution < 1.29 is 14.3 Å². The van der Waals surface area contributed by atoms with E-state index >= 15 is 0 Å². The molecule has 2 aromatic carbocycles. The number of methoxy groups -OCH3 is 1. The van der Waals surface area contributed by atoms with Crippen LogP contribution in [0.15, 0.2) is 73.1 Å². The lowest BCUT2D eigenvalue weighted by atomic mass is 9.73. The highest BCUT2D eigenvalue weighted by atomic mass is 16.5. The lowest BCUT2D eigenvalue weighted by Gasteiger charge is -2.45. The van der Waals surface area contributed by atoms with Crippen LogP contribution < -0.4 is 9.47 Å². The number of aromatic nitrogens is 1. The average Bonchev–Trinajstić information content (AvgIpc) is 2.99. The zero-order chi connectivity index (χ0) is 27.6. The molecule has 2 aliphatic rings. The summed E-state index contributed by atoms with van der Waals surface area (Å²) in [5, 5.41) is 0. The highest BCUT2D eigenvalue weighted by molar-refractivity contribution is 5.76. The van der Waals surface area contributed by atoms with E-state index in [1.165, 1.54) is 24.0 Å². The molecule has 0 radical (unpaired) electrons. The van der Waals surface area contributed by atoms with E-state index in [0.29, 0.717) is 19.4 Å². The molecule has 212 valence electrons. The summed E-state index contributed by atoms with van der Waals surface area (Å²) in [6.45, 7) is 5.10. The fraction of sp³-hybridized carbons (Fsp3) is 0.471. The molecule has 2 aliphatic heterocycles. The molecular weight excluding hydrogens is 498 g/mol. The van der Waals surface area contributed by atoms with Gasteiger partial charge in [-0.05, 0) is 78.8 Å². The number of likely N-dealkylation sites (tertiary alicyclic amines) is 1. The average molecular weight is 542 g/mol. The molecular formula is C34H43N3O3. The highest BCUT2D eigenvalue weighted by Gasteiger charge is 2.37. The van der Waals surface area contributed by atoms with Crippen LogP contribution >= 0.6 is 0 Å². The standard InChI is InChI=1S/C34H43N3O3/c1-39-31-13-4-2-11-30(31)15-16-33(38)37-21-18-34(19-22-37)17-7-6-12-29-10-3-5-14-32(29)40-24-23-36(27-34)26-28-9-8-20-35-25-28/h2-5,8-11,13-14,20,25H,6-7,12,15-19,21-24,26-27H2,1H3. The van der Waals surface area contributed by atoms with Gasteiger partial charge in [0.15, 0.2) is 0 Å². The van der Waals surface area contributed by atoms with E-state index < -0.39 is 0 Å². The minimum absolute atomic E-state index is 0.209. The summed E-state index contributed by atoms with van der Waals surface area (Å²) < 4.78 is 11.8. The molecule has 3 aromatic rings. The second-order valence-corrected chi connectivity index (χ2v) is 11.4. The Hall–Kier alpha value is -3.38. The summed E-state index contributed by atoms with van der Waals surface area (Å²) in [7, 11) is 1.69. The van der Waals surface area contributed by atoms with E-state index in [0.717, 1.165) is 75.5 Å². The Morgan fingerprint density at radius 2 is 1.80 bits per heavy atom. The van der Waals surface area contributed by atoms with Gasteiger partial charge in [-0.15, -0.1) is 0 Å². The Bertz CT molecular complexity index is 1220. The molecule has 0 bridgehead atoms. The molecule has 3 heterocycles. The summed E-state index contributed by atoms with van der Waals surface area (Å²) in [6, 6.07) is 20.7. The number of para-hydroxylation sites is 2. The number of hydrogen-bond acceptors (Lipinski definition) is 5. The van der Waals surface area contributed by atoms with Gasteiger partial charge in [0, 0.05) is 51.5 Å². The van der Waals surface area contributed by atoms with Gasteiger partial charge >= 0.3 is 0 Å². The van der Waals surface area contributed by atoms with Gasteiger partial charge in [0.1, 0.15) is 18.1 Å². The SMILES string of the molecule is COc1ccccc1CCC(=O)N1CCC2(CCCCc3ccccc3OCCN(Cc3cccnc3)C2)CC1. The minimum Gasteiger partial charge on any atom is -0.496 e.